The number of ether oxygens (including phenoxy) is 1. The van der Waals surface area contributed by atoms with E-state index in [9.17, 15) is 4.79 Å². The molecule has 0 aliphatic rings. The molecule has 0 radical (unpaired) electrons. The predicted octanol–water partition coefficient (Wildman–Crippen LogP) is 3.59. The van der Waals surface area contributed by atoms with Crippen molar-refractivity contribution in [2.45, 2.75) is 31.1 Å². The summed E-state index contributed by atoms with van der Waals surface area (Å²) < 4.78 is 6.95. The lowest BCUT2D eigenvalue weighted by Crippen LogP contribution is -2.28. The maximum absolute atomic E-state index is 12.2. The van der Waals surface area contributed by atoms with Gasteiger partial charge in [-0.25, -0.2) is 0 Å². The molecule has 1 N–H and O–H groups in total. The average Bonchev–Trinajstić information content (AvgIpc) is 3.00. The van der Waals surface area contributed by atoms with Crippen LogP contribution in [0.3, 0.4) is 0 Å². The van der Waals surface area contributed by atoms with Crippen LogP contribution in [0.25, 0.3) is 0 Å². The van der Waals surface area contributed by atoms with E-state index in [1.165, 1.54) is 11.8 Å². The number of carbonyl (C=O) groups is 1. The van der Waals surface area contributed by atoms with Crippen molar-refractivity contribution in [3.05, 3.63) is 40.1 Å². The fraction of sp³-hybridized carbons (Fsp3) is 0.438. The van der Waals surface area contributed by atoms with E-state index < -0.39 is 0 Å². The summed E-state index contributed by atoms with van der Waals surface area (Å²) >= 11 is 13.4. The first-order valence-corrected chi connectivity index (χ1v) is 9.49. The third-order valence-corrected chi connectivity index (χ3v) is 5.01. The SMILES string of the molecule is COCCCn1cnnc1SCC(=O)NC(C)c1ccc(Cl)cc1Cl. The van der Waals surface area contributed by atoms with Crippen LogP contribution in [0.4, 0.5) is 0 Å². The smallest absolute Gasteiger partial charge is 0.230 e. The number of nitrogens with one attached hydrogen (secondary N) is 1. The number of methoxy groups -OCH3 is 1. The van der Waals surface area contributed by atoms with Gasteiger partial charge in [-0.3, -0.25) is 4.79 Å². The van der Waals surface area contributed by atoms with Gasteiger partial charge in [-0.1, -0.05) is 41.0 Å². The maximum atomic E-state index is 12.2. The lowest BCUT2D eigenvalue weighted by Gasteiger charge is -2.16. The Bertz CT molecular complexity index is 711. The molecular weight excluding hydrogens is 383 g/mol. The highest BCUT2D eigenvalue weighted by Gasteiger charge is 2.14. The van der Waals surface area contributed by atoms with Gasteiger partial charge in [0.2, 0.25) is 5.91 Å². The van der Waals surface area contributed by atoms with Gasteiger partial charge in [-0.2, -0.15) is 0 Å². The van der Waals surface area contributed by atoms with Crippen molar-refractivity contribution in [1.29, 1.82) is 0 Å². The molecule has 0 spiro atoms. The van der Waals surface area contributed by atoms with Gasteiger partial charge in [0.05, 0.1) is 11.8 Å². The summed E-state index contributed by atoms with van der Waals surface area (Å²) in [6, 6.07) is 5.02. The van der Waals surface area contributed by atoms with E-state index in [1.54, 1.807) is 25.6 Å². The molecule has 2 rings (SSSR count). The summed E-state index contributed by atoms with van der Waals surface area (Å²) in [5.74, 6) is 0.147. The number of nitrogens with zero attached hydrogens (tertiary/aromatic N) is 3. The molecule has 2 aromatic rings. The molecule has 9 heteroatoms. The first-order chi connectivity index (χ1) is 12.0. The zero-order chi connectivity index (χ0) is 18.2. The molecule has 0 aliphatic heterocycles. The molecule has 6 nitrogen and oxygen atoms in total. The van der Waals surface area contributed by atoms with Crippen molar-refractivity contribution in [3.63, 3.8) is 0 Å². The summed E-state index contributed by atoms with van der Waals surface area (Å²) in [6.07, 6.45) is 2.52. The van der Waals surface area contributed by atoms with Crippen molar-refractivity contribution in [2.24, 2.45) is 0 Å². The lowest BCUT2D eigenvalue weighted by molar-refractivity contribution is -0.119. The van der Waals surface area contributed by atoms with Crippen LogP contribution in [0.1, 0.15) is 24.9 Å². The Labute approximate surface area is 161 Å². The first-order valence-electron chi connectivity index (χ1n) is 7.75. The molecule has 1 atom stereocenters. The molecule has 0 saturated carbocycles. The topological polar surface area (TPSA) is 69.0 Å². The van der Waals surface area contributed by atoms with Gasteiger partial charge in [-0.15, -0.1) is 10.2 Å². The monoisotopic (exact) mass is 402 g/mol. The van der Waals surface area contributed by atoms with E-state index in [4.69, 9.17) is 27.9 Å². The first kappa shape index (κ1) is 20.0. The number of halogens is 2. The summed E-state index contributed by atoms with van der Waals surface area (Å²) in [5.41, 5.74) is 0.826. The molecular formula is C16H20Cl2N4O2S. The van der Waals surface area contributed by atoms with E-state index in [1.807, 2.05) is 17.6 Å². The summed E-state index contributed by atoms with van der Waals surface area (Å²) in [6.45, 7) is 3.30. The number of hydrogen-bond donors (Lipinski definition) is 1. The van der Waals surface area contributed by atoms with Crippen LogP contribution in [0.15, 0.2) is 29.7 Å². The molecule has 0 fully saturated rings. The van der Waals surface area contributed by atoms with Gasteiger partial charge in [-0.05, 0) is 31.0 Å². The molecule has 1 unspecified atom stereocenters. The van der Waals surface area contributed by atoms with Crippen LogP contribution in [-0.2, 0) is 16.1 Å². The van der Waals surface area contributed by atoms with Crippen LogP contribution < -0.4 is 5.32 Å². The zero-order valence-electron chi connectivity index (χ0n) is 14.0. The van der Waals surface area contributed by atoms with E-state index in [0.29, 0.717) is 21.8 Å². The van der Waals surface area contributed by atoms with Gasteiger partial charge < -0.3 is 14.6 Å². The number of benzene rings is 1. The van der Waals surface area contributed by atoms with Crippen molar-refractivity contribution >= 4 is 40.9 Å². The molecule has 0 saturated heterocycles. The minimum Gasteiger partial charge on any atom is -0.385 e. The van der Waals surface area contributed by atoms with Crippen LogP contribution >= 0.6 is 35.0 Å². The quantitative estimate of drug-likeness (QED) is 0.512. The minimum absolute atomic E-state index is 0.102. The van der Waals surface area contributed by atoms with Crippen LogP contribution in [-0.4, -0.2) is 40.1 Å². The highest BCUT2D eigenvalue weighted by Crippen LogP contribution is 2.26. The van der Waals surface area contributed by atoms with E-state index >= 15 is 0 Å². The number of amides is 1. The summed E-state index contributed by atoms with van der Waals surface area (Å²) in [5, 5.41) is 12.7. The van der Waals surface area contributed by atoms with Gasteiger partial charge in [0.15, 0.2) is 5.16 Å². The van der Waals surface area contributed by atoms with E-state index in [0.717, 1.165) is 18.5 Å². The largest absolute Gasteiger partial charge is 0.385 e. The van der Waals surface area contributed by atoms with E-state index in [2.05, 4.69) is 15.5 Å². The molecule has 0 aliphatic carbocycles. The second kappa shape index (κ2) is 10.0. The second-order valence-electron chi connectivity index (χ2n) is 5.40. The van der Waals surface area contributed by atoms with Crippen molar-refractivity contribution in [3.8, 4) is 0 Å². The highest BCUT2D eigenvalue weighted by atomic mass is 35.5. The Morgan fingerprint density at radius 2 is 2.24 bits per heavy atom. The number of thioether (sulfide) groups is 1. The third kappa shape index (κ3) is 6.18. The summed E-state index contributed by atoms with van der Waals surface area (Å²) in [4.78, 5) is 12.2. The van der Waals surface area contributed by atoms with Crippen LogP contribution in [0, 0.1) is 0 Å². The second-order valence-corrected chi connectivity index (χ2v) is 7.18. The Kier molecular flexibility index (Phi) is 8.02. The van der Waals surface area contributed by atoms with Crippen molar-refractivity contribution in [1.82, 2.24) is 20.1 Å². The van der Waals surface area contributed by atoms with Crippen LogP contribution in [0.2, 0.25) is 10.0 Å². The molecule has 1 heterocycles. The number of aromatic nitrogens is 3. The fourth-order valence-electron chi connectivity index (χ4n) is 2.23. The molecule has 0 bridgehead atoms. The van der Waals surface area contributed by atoms with Crippen molar-refractivity contribution < 1.29 is 9.53 Å². The number of aryl methyl sites for hydroxylation is 1. The summed E-state index contributed by atoms with van der Waals surface area (Å²) in [7, 11) is 1.67. The number of rotatable bonds is 9. The molecule has 1 aromatic heterocycles. The minimum atomic E-state index is -0.211. The standard InChI is InChI=1S/C16H20Cl2N4O2S/c1-11(13-5-4-12(17)8-14(13)18)20-15(23)9-25-16-21-19-10-22(16)6-3-7-24-2/h4-5,8,10-11H,3,6-7,9H2,1-2H3,(H,20,23). The van der Waals surface area contributed by atoms with Crippen LogP contribution in [0.5, 0.6) is 0 Å². The van der Waals surface area contributed by atoms with Gasteiger partial charge in [0, 0.05) is 30.3 Å². The Morgan fingerprint density at radius 1 is 1.44 bits per heavy atom. The average molecular weight is 403 g/mol. The number of carbonyl (C=O) groups excluding carboxylic acids is 1. The van der Waals surface area contributed by atoms with Gasteiger partial charge >= 0.3 is 0 Å². The normalized spacial score (nSPS) is 12.2. The molecule has 1 amide bonds. The molecule has 1 aromatic carbocycles. The molecule has 136 valence electrons. The van der Waals surface area contributed by atoms with Gasteiger partial charge in [0.1, 0.15) is 6.33 Å². The lowest BCUT2D eigenvalue weighted by atomic mass is 10.1. The Balaban J connectivity index is 1.85. The number of hydrogen-bond acceptors (Lipinski definition) is 5. The maximum Gasteiger partial charge on any atom is 0.230 e. The third-order valence-electron chi connectivity index (χ3n) is 3.47. The predicted molar refractivity (Wildman–Crippen MR) is 100 cm³/mol. The van der Waals surface area contributed by atoms with E-state index in [-0.39, 0.29) is 17.7 Å². The fourth-order valence-corrected chi connectivity index (χ4v) is 3.56. The Hall–Kier alpha value is -1.28. The highest BCUT2D eigenvalue weighted by molar-refractivity contribution is 7.99. The molecule has 25 heavy (non-hydrogen) atoms. The zero-order valence-corrected chi connectivity index (χ0v) is 16.4. The van der Waals surface area contributed by atoms with Crippen molar-refractivity contribution in [2.75, 3.05) is 19.5 Å². The Morgan fingerprint density at radius 3 is 2.96 bits per heavy atom. The van der Waals surface area contributed by atoms with Gasteiger partial charge in [0.25, 0.3) is 0 Å².